The Bertz CT molecular complexity index is 420. The molecular formula is C14H20N2O2. The standard InChI is InChI=1S/C14H20N2O2/c1-10-8-11(6-7-15-10)14(18)16-9-12-4-2-3-5-13(12)17/h2-5,10-11,15,17H,6-9H2,1H3,(H,16,18). The fourth-order valence-electron chi connectivity index (χ4n) is 2.36. The van der Waals surface area contributed by atoms with Gasteiger partial charge in [-0.15, -0.1) is 0 Å². The summed E-state index contributed by atoms with van der Waals surface area (Å²) in [4.78, 5) is 12.0. The summed E-state index contributed by atoms with van der Waals surface area (Å²) in [6, 6.07) is 7.48. The first-order valence-corrected chi connectivity index (χ1v) is 6.45. The van der Waals surface area contributed by atoms with Crippen molar-refractivity contribution in [2.24, 2.45) is 5.92 Å². The van der Waals surface area contributed by atoms with Crippen molar-refractivity contribution in [3.05, 3.63) is 29.8 Å². The van der Waals surface area contributed by atoms with Crippen LogP contribution in [0, 0.1) is 5.92 Å². The molecule has 2 rings (SSSR count). The van der Waals surface area contributed by atoms with E-state index < -0.39 is 0 Å². The smallest absolute Gasteiger partial charge is 0.223 e. The molecule has 4 heteroatoms. The Balaban J connectivity index is 1.86. The lowest BCUT2D eigenvalue weighted by molar-refractivity contribution is -0.126. The molecule has 98 valence electrons. The van der Waals surface area contributed by atoms with Gasteiger partial charge < -0.3 is 15.7 Å². The summed E-state index contributed by atoms with van der Waals surface area (Å²) in [5.41, 5.74) is 0.757. The monoisotopic (exact) mass is 248 g/mol. The predicted octanol–water partition coefficient (Wildman–Crippen LogP) is 1.40. The van der Waals surface area contributed by atoms with Crippen LogP contribution in [0.4, 0.5) is 0 Å². The number of amides is 1. The van der Waals surface area contributed by atoms with Crippen molar-refractivity contribution in [2.75, 3.05) is 6.54 Å². The number of aromatic hydroxyl groups is 1. The van der Waals surface area contributed by atoms with E-state index in [0.29, 0.717) is 12.6 Å². The van der Waals surface area contributed by atoms with Gasteiger partial charge in [0, 0.05) is 24.1 Å². The first kappa shape index (κ1) is 12.9. The first-order chi connectivity index (χ1) is 8.66. The lowest BCUT2D eigenvalue weighted by Gasteiger charge is -2.27. The van der Waals surface area contributed by atoms with Gasteiger partial charge in [-0.25, -0.2) is 0 Å². The van der Waals surface area contributed by atoms with Crippen molar-refractivity contribution in [1.82, 2.24) is 10.6 Å². The molecule has 0 radical (unpaired) electrons. The van der Waals surface area contributed by atoms with E-state index in [0.717, 1.165) is 24.9 Å². The molecule has 1 saturated heterocycles. The second-order valence-corrected chi connectivity index (χ2v) is 4.92. The number of phenolic OH excluding ortho intramolecular Hbond substituents is 1. The molecule has 2 atom stereocenters. The van der Waals surface area contributed by atoms with Gasteiger partial charge >= 0.3 is 0 Å². The van der Waals surface area contributed by atoms with Crippen LogP contribution in [-0.4, -0.2) is 23.6 Å². The van der Waals surface area contributed by atoms with Crippen molar-refractivity contribution < 1.29 is 9.90 Å². The minimum absolute atomic E-state index is 0.0894. The number of nitrogens with one attached hydrogen (secondary N) is 2. The maximum atomic E-state index is 12.0. The van der Waals surface area contributed by atoms with E-state index in [9.17, 15) is 9.90 Å². The van der Waals surface area contributed by atoms with E-state index in [-0.39, 0.29) is 17.6 Å². The largest absolute Gasteiger partial charge is 0.508 e. The summed E-state index contributed by atoms with van der Waals surface area (Å²) in [7, 11) is 0. The molecule has 1 aliphatic rings. The third-order valence-corrected chi connectivity index (χ3v) is 3.44. The Labute approximate surface area is 107 Å². The van der Waals surface area contributed by atoms with Crippen LogP contribution in [0.5, 0.6) is 5.75 Å². The number of hydrogen-bond donors (Lipinski definition) is 3. The zero-order chi connectivity index (χ0) is 13.0. The number of carbonyl (C=O) groups excluding carboxylic acids is 1. The van der Waals surface area contributed by atoms with Crippen molar-refractivity contribution in [1.29, 1.82) is 0 Å². The number of benzene rings is 1. The van der Waals surface area contributed by atoms with Crippen LogP contribution in [-0.2, 0) is 11.3 Å². The number of hydrogen-bond acceptors (Lipinski definition) is 3. The van der Waals surface area contributed by atoms with E-state index in [1.165, 1.54) is 0 Å². The van der Waals surface area contributed by atoms with Gasteiger partial charge in [-0.3, -0.25) is 4.79 Å². The van der Waals surface area contributed by atoms with Crippen LogP contribution in [0.2, 0.25) is 0 Å². The normalized spacial score (nSPS) is 23.6. The molecule has 0 aliphatic carbocycles. The minimum Gasteiger partial charge on any atom is -0.508 e. The minimum atomic E-state index is 0.0894. The van der Waals surface area contributed by atoms with E-state index in [4.69, 9.17) is 0 Å². The number of para-hydroxylation sites is 1. The molecule has 2 unspecified atom stereocenters. The number of rotatable bonds is 3. The SMILES string of the molecule is CC1CC(C(=O)NCc2ccccc2O)CCN1. The third kappa shape index (κ3) is 3.23. The molecule has 3 N–H and O–H groups in total. The molecule has 1 aromatic carbocycles. The highest BCUT2D eigenvalue weighted by molar-refractivity contribution is 5.78. The van der Waals surface area contributed by atoms with E-state index in [1.807, 2.05) is 12.1 Å². The summed E-state index contributed by atoms with van der Waals surface area (Å²) in [5.74, 6) is 0.412. The molecule has 1 fully saturated rings. The highest BCUT2D eigenvalue weighted by Gasteiger charge is 2.24. The summed E-state index contributed by atoms with van der Waals surface area (Å²) in [6.07, 6.45) is 1.77. The quantitative estimate of drug-likeness (QED) is 0.757. The average Bonchev–Trinajstić information content (AvgIpc) is 2.37. The van der Waals surface area contributed by atoms with E-state index in [1.54, 1.807) is 12.1 Å². The van der Waals surface area contributed by atoms with Gasteiger partial charge in [0.1, 0.15) is 5.75 Å². The van der Waals surface area contributed by atoms with Crippen LogP contribution in [0.15, 0.2) is 24.3 Å². The molecule has 1 aromatic rings. The van der Waals surface area contributed by atoms with Crippen LogP contribution < -0.4 is 10.6 Å². The molecule has 0 aromatic heterocycles. The zero-order valence-electron chi connectivity index (χ0n) is 10.6. The molecule has 0 saturated carbocycles. The number of carbonyl (C=O) groups is 1. The lowest BCUT2D eigenvalue weighted by atomic mass is 9.92. The molecule has 1 heterocycles. The third-order valence-electron chi connectivity index (χ3n) is 3.44. The highest BCUT2D eigenvalue weighted by atomic mass is 16.3. The average molecular weight is 248 g/mol. The predicted molar refractivity (Wildman–Crippen MR) is 70.1 cm³/mol. The molecule has 0 bridgehead atoms. The van der Waals surface area contributed by atoms with Crippen LogP contribution in [0.25, 0.3) is 0 Å². The van der Waals surface area contributed by atoms with Crippen molar-refractivity contribution in [2.45, 2.75) is 32.4 Å². The summed E-state index contributed by atoms with van der Waals surface area (Å²) < 4.78 is 0. The molecule has 1 aliphatic heterocycles. The molecule has 0 spiro atoms. The topological polar surface area (TPSA) is 61.4 Å². The van der Waals surface area contributed by atoms with Crippen molar-refractivity contribution in [3.63, 3.8) is 0 Å². The maximum absolute atomic E-state index is 12.0. The van der Waals surface area contributed by atoms with Gasteiger partial charge in [0.2, 0.25) is 5.91 Å². The van der Waals surface area contributed by atoms with Crippen molar-refractivity contribution >= 4 is 5.91 Å². The Hall–Kier alpha value is -1.55. The Morgan fingerprint density at radius 2 is 2.28 bits per heavy atom. The second kappa shape index (κ2) is 5.87. The maximum Gasteiger partial charge on any atom is 0.223 e. The molecule has 1 amide bonds. The van der Waals surface area contributed by atoms with Crippen LogP contribution in [0.3, 0.4) is 0 Å². The van der Waals surface area contributed by atoms with Gasteiger partial charge in [-0.1, -0.05) is 18.2 Å². The number of phenols is 1. The van der Waals surface area contributed by atoms with E-state index >= 15 is 0 Å². The van der Waals surface area contributed by atoms with Crippen LogP contribution >= 0.6 is 0 Å². The summed E-state index contributed by atoms with van der Waals surface area (Å²) in [5, 5.41) is 15.8. The Morgan fingerprint density at radius 1 is 1.50 bits per heavy atom. The van der Waals surface area contributed by atoms with Crippen LogP contribution in [0.1, 0.15) is 25.3 Å². The highest BCUT2D eigenvalue weighted by Crippen LogP contribution is 2.18. The van der Waals surface area contributed by atoms with Crippen molar-refractivity contribution in [3.8, 4) is 5.75 Å². The lowest BCUT2D eigenvalue weighted by Crippen LogP contribution is -2.42. The fourth-order valence-corrected chi connectivity index (χ4v) is 2.36. The molecule has 18 heavy (non-hydrogen) atoms. The van der Waals surface area contributed by atoms with Gasteiger partial charge in [-0.2, -0.15) is 0 Å². The van der Waals surface area contributed by atoms with Gasteiger partial charge in [0.15, 0.2) is 0 Å². The van der Waals surface area contributed by atoms with Gasteiger partial charge in [0.25, 0.3) is 0 Å². The van der Waals surface area contributed by atoms with Gasteiger partial charge in [-0.05, 0) is 32.4 Å². The molecular weight excluding hydrogens is 228 g/mol. The Kier molecular flexibility index (Phi) is 4.20. The Morgan fingerprint density at radius 3 is 3.00 bits per heavy atom. The first-order valence-electron chi connectivity index (χ1n) is 6.45. The van der Waals surface area contributed by atoms with Gasteiger partial charge in [0.05, 0.1) is 0 Å². The summed E-state index contributed by atoms with van der Waals surface area (Å²) >= 11 is 0. The second-order valence-electron chi connectivity index (χ2n) is 4.92. The molecule has 4 nitrogen and oxygen atoms in total. The van der Waals surface area contributed by atoms with E-state index in [2.05, 4.69) is 17.6 Å². The fraction of sp³-hybridized carbons (Fsp3) is 0.500. The number of piperidine rings is 1. The summed E-state index contributed by atoms with van der Waals surface area (Å²) in [6.45, 7) is 3.39. The zero-order valence-corrected chi connectivity index (χ0v) is 10.6.